The standard InChI is InChI=1S/C18H17NO4/c20-17(21)10-5-13-1-6-15(7-2-13)18(22)16-8-3-14(4-9-16)11-12-19-23/h1-4,6-9H,5,10-12H2,(H,20,21). The lowest BCUT2D eigenvalue weighted by molar-refractivity contribution is -0.136. The first-order chi connectivity index (χ1) is 11.1. The highest BCUT2D eigenvalue weighted by Crippen LogP contribution is 2.13. The Balaban J connectivity index is 2.04. The molecule has 23 heavy (non-hydrogen) atoms. The maximum atomic E-state index is 12.4. The van der Waals surface area contributed by atoms with E-state index in [9.17, 15) is 14.5 Å². The highest BCUT2D eigenvalue weighted by Gasteiger charge is 2.09. The number of carboxylic acid groups (broad SMARTS) is 1. The van der Waals surface area contributed by atoms with Gasteiger partial charge in [-0.15, -0.1) is 0 Å². The molecule has 0 heterocycles. The van der Waals surface area contributed by atoms with Crippen molar-refractivity contribution >= 4 is 11.8 Å². The summed E-state index contributed by atoms with van der Waals surface area (Å²) < 4.78 is 0. The average Bonchev–Trinajstić information content (AvgIpc) is 2.58. The van der Waals surface area contributed by atoms with Gasteiger partial charge in [0.15, 0.2) is 5.78 Å². The highest BCUT2D eigenvalue weighted by molar-refractivity contribution is 6.09. The monoisotopic (exact) mass is 311 g/mol. The largest absolute Gasteiger partial charge is 0.481 e. The number of carbonyl (C=O) groups excluding carboxylic acids is 1. The number of hydrogen-bond donors (Lipinski definition) is 1. The number of nitroso groups, excluding NO2 is 1. The number of aryl methyl sites for hydroxylation is 1. The molecular formula is C18H17NO4. The van der Waals surface area contributed by atoms with E-state index in [-0.39, 0.29) is 18.7 Å². The molecule has 0 amide bonds. The Morgan fingerprint density at radius 3 is 1.74 bits per heavy atom. The van der Waals surface area contributed by atoms with Crippen molar-refractivity contribution in [1.82, 2.24) is 0 Å². The Hall–Kier alpha value is -2.82. The number of carboxylic acids is 1. The van der Waals surface area contributed by atoms with Gasteiger partial charge in [-0.05, 0) is 24.0 Å². The van der Waals surface area contributed by atoms with Gasteiger partial charge in [0.1, 0.15) is 0 Å². The van der Waals surface area contributed by atoms with Crippen LogP contribution in [-0.4, -0.2) is 23.4 Å². The van der Waals surface area contributed by atoms with Crippen molar-refractivity contribution in [1.29, 1.82) is 0 Å². The Morgan fingerprint density at radius 2 is 1.30 bits per heavy atom. The Kier molecular flexibility index (Phi) is 5.74. The van der Waals surface area contributed by atoms with Crippen LogP contribution in [0.5, 0.6) is 0 Å². The van der Waals surface area contributed by atoms with Crippen LogP contribution in [0, 0.1) is 4.91 Å². The Morgan fingerprint density at radius 1 is 0.826 bits per heavy atom. The summed E-state index contributed by atoms with van der Waals surface area (Å²) in [5.74, 6) is -0.926. The van der Waals surface area contributed by atoms with E-state index >= 15 is 0 Å². The van der Waals surface area contributed by atoms with Gasteiger partial charge >= 0.3 is 5.97 Å². The maximum Gasteiger partial charge on any atom is 0.303 e. The normalized spacial score (nSPS) is 10.3. The molecule has 5 nitrogen and oxygen atoms in total. The maximum absolute atomic E-state index is 12.4. The highest BCUT2D eigenvalue weighted by atomic mass is 16.4. The summed E-state index contributed by atoms with van der Waals surface area (Å²) in [7, 11) is 0. The van der Waals surface area contributed by atoms with E-state index in [4.69, 9.17) is 5.11 Å². The lowest BCUT2D eigenvalue weighted by Gasteiger charge is -2.04. The van der Waals surface area contributed by atoms with Crippen LogP contribution in [0.25, 0.3) is 0 Å². The van der Waals surface area contributed by atoms with E-state index in [1.54, 1.807) is 36.4 Å². The molecule has 1 N–H and O–H groups in total. The molecule has 0 atom stereocenters. The van der Waals surface area contributed by atoms with Crippen molar-refractivity contribution < 1.29 is 14.7 Å². The molecule has 2 rings (SSSR count). The van der Waals surface area contributed by atoms with Gasteiger partial charge in [-0.1, -0.05) is 53.7 Å². The van der Waals surface area contributed by atoms with Gasteiger partial charge in [-0.3, -0.25) is 9.59 Å². The number of rotatable bonds is 8. The minimum absolute atomic E-state index is 0.0738. The molecule has 0 aliphatic heterocycles. The fourth-order valence-corrected chi connectivity index (χ4v) is 2.24. The molecule has 0 aliphatic rings. The van der Waals surface area contributed by atoms with Crippen molar-refractivity contribution in [2.45, 2.75) is 19.3 Å². The van der Waals surface area contributed by atoms with Crippen LogP contribution in [0.15, 0.2) is 53.7 Å². The third kappa shape index (κ3) is 4.85. The molecule has 2 aromatic carbocycles. The summed E-state index contributed by atoms with van der Waals surface area (Å²) in [5, 5.41) is 11.5. The first kappa shape index (κ1) is 16.5. The summed E-state index contributed by atoms with van der Waals surface area (Å²) in [4.78, 5) is 33.0. The van der Waals surface area contributed by atoms with Crippen molar-refractivity contribution in [2.75, 3.05) is 6.54 Å². The quantitative estimate of drug-likeness (QED) is 0.599. The SMILES string of the molecule is O=NCCc1ccc(C(=O)c2ccc(CCC(=O)O)cc2)cc1. The lowest BCUT2D eigenvalue weighted by atomic mass is 9.99. The summed E-state index contributed by atoms with van der Waals surface area (Å²) in [6.45, 7) is 0.227. The minimum Gasteiger partial charge on any atom is -0.481 e. The molecule has 0 bridgehead atoms. The number of carbonyl (C=O) groups is 2. The van der Waals surface area contributed by atoms with Crippen LogP contribution in [0.2, 0.25) is 0 Å². The van der Waals surface area contributed by atoms with Crippen molar-refractivity contribution in [3.63, 3.8) is 0 Å². The van der Waals surface area contributed by atoms with Gasteiger partial charge in [-0.2, -0.15) is 4.91 Å². The molecule has 0 saturated carbocycles. The molecule has 2 aromatic rings. The zero-order valence-corrected chi connectivity index (χ0v) is 12.6. The number of hydrogen-bond acceptors (Lipinski definition) is 4. The van der Waals surface area contributed by atoms with Crippen LogP contribution in [0.4, 0.5) is 0 Å². The van der Waals surface area contributed by atoms with Crippen molar-refractivity contribution in [3.05, 3.63) is 75.7 Å². The zero-order valence-electron chi connectivity index (χ0n) is 12.6. The second-order valence-electron chi connectivity index (χ2n) is 5.22. The van der Waals surface area contributed by atoms with E-state index in [0.717, 1.165) is 11.1 Å². The molecule has 0 spiro atoms. The van der Waals surface area contributed by atoms with Crippen LogP contribution < -0.4 is 0 Å². The van der Waals surface area contributed by atoms with Gasteiger partial charge in [0.05, 0.1) is 6.54 Å². The Bertz CT molecular complexity index is 690. The van der Waals surface area contributed by atoms with Gasteiger partial charge in [0.25, 0.3) is 0 Å². The summed E-state index contributed by atoms with van der Waals surface area (Å²) >= 11 is 0. The number of nitrogens with zero attached hydrogens (tertiary/aromatic N) is 1. The molecule has 0 aromatic heterocycles. The van der Waals surface area contributed by atoms with E-state index in [1.165, 1.54) is 0 Å². The third-order valence-corrected chi connectivity index (χ3v) is 3.55. The number of benzene rings is 2. The topological polar surface area (TPSA) is 83.8 Å². The molecule has 0 fully saturated rings. The molecule has 0 radical (unpaired) electrons. The van der Waals surface area contributed by atoms with Gasteiger partial charge in [-0.25, -0.2) is 0 Å². The third-order valence-electron chi connectivity index (χ3n) is 3.55. The molecule has 118 valence electrons. The van der Waals surface area contributed by atoms with Gasteiger partial charge < -0.3 is 5.11 Å². The Labute approximate surface area is 133 Å². The number of ketones is 1. The molecule has 5 heteroatoms. The van der Waals surface area contributed by atoms with Crippen LogP contribution >= 0.6 is 0 Å². The number of aliphatic carboxylic acids is 1. The minimum atomic E-state index is -0.838. The van der Waals surface area contributed by atoms with Gasteiger partial charge in [0.2, 0.25) is 0 Å². The summed E-state index contributed by atoms with van der Waals surface area (Å²) in [6, 6.07) is 14.1. The summed E-state index contributed by atoms with van der Waals surface area (Å²) in [6.07, 6.45) is 1.09. The predicted molar refractivity (Wildman–Crippen MR) is 86.6 cm³/mol. The fourth-order valence-electron chi connectivity index (χ4n) is 2.24. The second-order valence-corrected chi connectivity index (χ2v) is 5.22. The van der Waals surface area contributed by atoms with Crippen LogP contribution in [-0.2, 0) is 17.6 Å². The molecule has 0 saturated heterocycles. The summed E-state index contributed by atoms with van der Waals surface area (Å²) in [5.41, 5.74) is 2.99. The smallest absolute Gasteiger partial charge is 0.303 e. The lowest BCUT2D eigenvalue weighted by Crippen LogP contribution is -2.02. The van der Waals surface area contributed by atoms with E-state index in [2.05, 4.69) is 5.18 Å². The predicted octanol–water partition coefficient (Wildman–Crippen LogP) is 3.24. The van der Waals surface area contributed by atoms with Crippen molar-refractivity contribution in [2.24, 2.45) is 5.18 Å². The van der Waals surface area contributed by atoms with Crippen LogP contribution in [0.3, 0.4) is 0 Å². The first-order valence-electron chi connectivity index (χ1n) is 7.33. The molecule has 0 aliphatic carbocycles. The zero-order chi connectivity index (χ0) is 16.7. The fraction of sp³-hybridized carbons (Fsp3) is 0.222. The first-order valence-corrected chi connectivity index (χ1v) is 7.33. The second kappa shape index (κ2) is 7.98. The van der Waals surface area contributed by atoms with Crippen LogP contribution in [0.1, 0.15) is 33.5 Å². The van der Waals surface area contributed by atoms with E-state index in [0.29, 0.717) is 24.0 Å². The van der Waals surface area contributed by atoms with Gasteiger partial charge in [0, 0.05) is 17.5 Å². The van der Waals surface area contributed by atoms with E-state index in [1.807, 2.05) is 12.1 Å². The van der Waals surface area contributed by atoms with Crippen molar-refractivity contribution in [3.8, 4) is 0 Å². The molecular weight excluding hydrogens is 294 g/mol. The average molecular weight is 311 g/mol. The molecule has 0 unspecified atom stereocenters. The van der Waals surface area contributed by atoms with E-state index < -0.39 is 5.97 Å².